The molecule has 1 unspecified atom stereocenters. The predicted octanol–water partition coefficient (Wildman–Crippen LogP) is 2.97. The second-order valence-corrected chi connectivity index (χ2v) is 4.52. The van der Waals surface area contributed by atoms with E-state index in [1.807, 2.05) is 30.3 Å². The zero-order valence-electron chi connectivity index (χ0n) is 10.2. The highest BCUT2D eigenvalue weighted by Gasteiger charge is 2.24. The maximum Gasteiger partial charge on any atom is 0.233 e. The van der Waals surface area contributed by atoms with Gasteiger partial charge in [0.1, 0.15) is 5.82 Å². The van der Waals surface area contributed by atoms with Crippen molar-refractivity contribution in [3.05, 3.63) is 59.9 Å². The zero-order valence-corrected chi connectivity index (χ0v) is 10.2. The Kier molecular flexibility index (Phi) is 2.91. The molecule has 2 N–H and O–H groups in total. The van der Waals surface area contributed by atoms with Crippen LogP contribution in [-0.2, 0) is 4.79 Å². The van der Waals surface area contributed by atoms with Crippen LogP contribution in [0.4, 0.5) is 15.8 Å². The molecule has 2 aromatic carbocycles. The first-order valence-electron chi connectivity index (χ1n) is 6.13. The summed E-state index contributed by atoms with van der Waals surface area (Å²) in [5, 5.41) is 5.95. The van der Waals surface area contributed by atoms with Crippen molar-refractivity contribution in [1.29, 1.82) is 0 Å². The molecular formula is C15H13FN2O. The Morgan fingerprint density at radius 3 is 2.63 bits per heavy atom. The average Bonchev–Trinajstić information content (AvgIpc) is 2.58. The fourth-order valence-electron chi connectivity index (χ4n) is 2.25. The van der Waals surface area contributed by atoms with Gasteiger partial charge in [0, 0.05) is 6.54 Å². The van der Waals surface area contributed by atoms with Crippen molar-refractivity contribution in [1.82, 2.24) is 0 Å². The Morgan fingerprint density at radius 1 is 1.05 bits per heavy atom. The number of hydrogen-bond acceptors (Lipinski definition) is 2. The molecule has 96 valence electrons. The number of hydrogen-bond donors (Lipinski definition) is 2. The molecule has 2 aromatic rings. The van der Waals surface area contributed by atoms with Gasteiger partial charge in [-0.2, -0.15) is 0 Å². The van der Waals surface area contributed by atoms with E-state index in [1.54, 1.807) is 6.07 Å². The summed E-state index contributed by atoms with van der Waals surface area (Å²) in [6.45, 7) is 0.451. The van der Waals surface area contributed by atoms with Crippen molar-refractivity contribution < 1.29 is 9.18 Å². The van der Waals surface area contributed by atoms with Gasteiger partial charge in [-0.3, -0.25) is 4.79 Å². The fraction of sp³-hybridized carbons (Fsp3) is 0.133. The highest BCUT2D eigenvalue weighted by Crippen LogP contribution is 2.29. The van der Waals surface area contributed by atoms with Gasteiger partial charge in [-0.25, -0.2) is 4.39 Å². The number of amides is 1. The third-order valence-electron chi connectivity index (χ3n) is 3.25. The van der Waals surface area contributed by atoms with E-state index in [1.165, 1.54) is 12.1 Å². The molecule has 1 aliphatic rings. The summed E-state index contributed by atoms with van der Waals surface area (Å²) in [5.74, 6) is -0.681. The van der Waals surface area contributed by atoms with E-state index in [4.69, 9.17) is 0 Å². The van der Waals surface area contributed by atoms with Crippen LogP contribution in [0.3, 0.4) is 0 Å². The number of nitrogens with one attached hydrogen (secondary N) is 2. The van der Waals surface area contributed by atoms with Crippen LogP contribution in [0, 0.1) is 5.82 Å². The van der Waals surface area contributed by atoms with Crippen LogP contribution in [0.5, 0.6) is 0 Å². The predicted molar refractivity (Wildman–Crippen MR) is 72.7 cm³/mol. The van der Waals surface area contributed by atoms with Crippen LogP contribution in [0.2, 0.25) is 0 Å². The minimum Gasteiger partial charge on any atom is -0.382 e. The minimum absolute atomic E-state index is 0.0796. The molecular weight excluding hydrogens is 243 g/mol. The minimum atomic E-state index is -0.321. The third-order valence-corrected chi connectivity index (χ3v) is 3.25. The SMILES string of the molecule is O=C1Nc2ccc(F)cc2NCC1c1ccccc1. The Labute approximate surface area is 110 Å². The van der Waals surface area contributed by atoms with Crippen molar-refractivity contribution in [3.8, 4) is 0 Å². The molecule has 3 nitrogen and oxygen atoms in total. The summed E-state index contributed by atoms with van der Waals surface area (Å²) in [6, 6.07) is 13.9. The van der Waals surface area contributed by atoms with Crippen LogP contribution in [0.25, 0.3) is 0 Å². The van der Waals surface area contributed by atoms with Gasteiger partial charge in [-0.05, 0) is 23.8 Å². The topological polar surface area (TPSA) is 41.1 Å². The van der Waals surface area contributed by atoms with E-state index in [0.29, 0.717) is 17.9 Å². The molecule has 0 aromatic heterocycles. The molecule has 1 aliphatic heterocycles. The van der Waals surface area contributed by atoms with Crippen LogP contribution >= 0.6 is 0 Å². The van der Waals surface area contributed by atoms with Crippen molar-refractivity contribution in [2.24, 2.45) is 0 Å². The summed E-state index contributed by atoms with van der Waals surface area (Å²) in [6.07, 6.45) is 0. The number of rotatable bonds is 1. The zero-order chi connectivity index (χ0) is 13.2. The highest BCUT2D eigenvalue weighted by atomic mass is 19.1. The van der Waals surface area contributed by atoms with Gasteiger partial charge in [0.15, 0.2) is 0 Å². The molecule has 4 heteroatoms. The van der Waals surface area contributed by atoms with Crippen molar-refractivity contribution in [2.45, 2.75) is 5.92 Å². The van der Waals surface area contributed by atoms with Crippen LogP contribution in [0.1, 0.15) is 11.5 Å². The van der Waals surface area contributed by atoms with Gasteiger partial charge >= 0.3 is 0 Å². The van der Waals surface area contributed by atoms with Crippen LogP contribution in [-0.4, -0.2) is 12.5 Å². The van der Waals surface area contributed by atoms with Crippen LogP contribution in [0.15, 0.2) is 48.5 Å². The number of halogens is 1. The first-order chi connectivity index (χ1) is 9.24. The quantitative estimate of drug-likeness (QED) is 0.823. The maximum absolute atomic E-state index is 13.2. The van der Waals surface area contributed by atoms with Crippen molar-refractivity contribution >= 4 is 17.3 Å². The van der Waals surface area contributed by atoms with E-state index in [-0.39, 0.29) is 17.6 Å². The summed E-state index contributed by atoms with van der Waals surface area (Å²) in [5.41, 5.74) is 2.18. The standard InChI is InChI=1S/C15H13FN2O/c16-11-6-7-13-14(8-11)17-9-12(15(19)18-13)10-4-2-1-3-5-10/h1-8,12,17H,9H2,(H,18,19). The summed E-state index contributed by atoms with van der Waals surface area (Å²) >= 11 is 0. The van der Waals surface area contributed by atoms with Crippen molar-refractivity contribution in [2.75, 3.05) is 17.2 Å². The van der Waals surface area contributed by atoms with E-state index >= 15 is 0 Å². The van der Waals surface area contributed by atoms with Gasteiger partial charge in [0.05, 0.1) is 17.3 Å². The molecule has 0 fully saturated rings. The van der Waals surface area contributed by atoms with Gasteiger partial charge in [0.2, 0.25) is 5.91 Å². The Morgan fingerprint density at radius 2 is 1.84 bits per heavy atom. The Balaban J connectivity index is 1.92. The number of carbonyl (C=O) groups is 1. The molecule has 19 heavy (non-hydrogen) atoms. The molecule has 0 radical (unpaired) electrons. The number of carbonyl (C=O) groups excluding carboxylic acids is 1. The Bertz CT molecular complexity index is 613. The number of anilines is 2. The molecule has 0 bridgehead atoms. The summed E-state index contributed by atoms with van der Waals surface area (Å²) in [4.78, 5) is 12.2. The third kappa shape index (κ3) is 2.29. The second kappa shape index (κ2) is 4.72. The first kappa shape index (κ1) is 11.7. The fourth-order valence-corrected chi connectivity index (χ4v) is 2.25. The smallest absolute Gasteiger partial charge is 0.233 e. The maximum atomic E-state index is 13.2. The number of fused-ring (bicyclic) bond motifs is 1. The van der Waals surface area contributed by atoms with E-state index in [2.05, 4.69) is 10.6 Å². The van der Waals surface area contributed by atoms with E-state index < -0.39 is 0 Å². The summed E-state index contributed by atoms with van der Waals surface area (Å²) in [7, 11) is 0. The lowest BCUT2D eigenvalue weighted by Gasteiger charge is -2.13. The molecule has 1 heterocycles. The molecule has 1 atom stereocenters. The number of benzene rings is 2. The highest BCUT2D eigenvalue weighted by molar-refractivity contribution is 6.00. The lowest BCUT2D eigenvalue weighted by atomic mass is 9.98. The molecule has 1 amide bonds. The lowest BCUT2D eigenvalue weighted by molar-refractivity contribution is -0.117. The molecule has 0 saturated heterocycles. The van der Waals surface area contributed by atoms with Gasteiger partial charge in [0.25, 0.3) is 0 Å². The monoisotopic (exact) mass is 256 g/mol. The molecule has 0 aliphatic carbocycles. The van der Waals surface area contributed by atoms with Crippen LogP contribution < -0.4 is 10.6 Å². The summed E-state index contributed by atoms with van der Waals surface area (Å²) < 4.78 is 13.2. The normalized spacial score (nSPS) is 17.9. The molecule has 3 rings (SSSR count). The van der Waals surface area contributed by atoms with Crippen molar-refractivity contribution in [3.63, 3.8) is 0 Å². The van der Waals surface area contributed by atoms with Gasteiger partial charge < -0.3 is 10.6 Å². The molecule has 0 saturated carbocycles. The van der Waals surface area contributed by atoms with Gasteiger partial charge in [-0.15, -0.1) is 0 Å². The second-order valence-electron chi connectivity index (χ2n) is 4.52. The average molecular weight is 256 g/mol. The largest absolute Gasteiger partial charge is 0.382 e. The van der Waals surface area contributed by atoms with Gasteiger partial charge in [-0.1, -0.05) is 30.3 Å². The van der Waals surface area contributed by atoms with E-state index in [0.717, 1.165) is 5.56 Å². The lowest BCUT2D eigenvalue weighted by Crippen LogP contribution is -2.23. The van der Waals surface area contributed by atoms with E-state index in [9.17, 15) is 9.18 Å². The molecule has 0 spiro atoms. The Hall–Kier alpha value is -2.36. The first-order valence-corrected chi connectivity index (χ1v) is 6.13.